The molecule has 12 heteroatoms. The van der Waals surface area contributed by atoms with Crippen LogP contribution in [0.25, 0.3) is 0 Å². The van der Waals surface area contributed by atoms with Gasteiger partial charge >= 0.3 is 5.97 Å². The van der Waals surface area contributed by atoms with Gasteiger partial charge in [-0.15, -0.1) is 0 Å². The molecule has 1 aromatic carbocycles. The molecule has 7 fully saturated rings. The van der Waals surface area contributed by atoms with Crippen LogP contribution in [0.15, 0.2) is 24.3 Å². The fourth-order valence-corrected chi connectivity index (χ4v) is 13.3. The molecule has 0 aromatic heterocycles. The Morgan fingerprint density at radius 1 is 1.00 bits per heavy atom. The van der Waals surface area contributed by atoms with Gasteiger partial charge in [-0.25, -0.2) is 9.69 Å². The van der Waals surface area contributed by atoms with Crippen molar-refractivity contribution in [1.29, 1.82) is 0 Å². The van der Waals surface area contributed by atoms with Crippen LogP contribution in [0, 0.1) is 34.5 Å². The van der Waals surface area contributed by atoms with Crippen molar-refractivity contribution in [3.05, 3.63) is 29.8 Å². The fourth-order valence-electron chi connectivity index (χ4n) is 13.3. The predicted molar refractivity (Wildman–Crippen MR) is 175 cm³/mol. The van der Waals surface area contributed by atoms with Gasteiger partial charge in [-0.2, -0.15) is 0 Å². The molecule has 5 aliphatic carbocycles. The van der Waals surface area contributed by atoms with Crippen molar-refractivity contribution in [2.24, 2.45) is 34.5 Å². The molecule has 2 amide bonds. The maximum Gasteiger partial charge on any atom is 0.340 e. The van der Waals surface area contributed by atoms with Gasteiger partial charge in [0, 0.05) is 89.9 Å². The first-order valence-electron chi connectivity index (χ1n) is 17.8. The van der Waals surface area contributed by atoms with Crippen LogP contribution >= 0.6 is 0 Å². The molecule has 268 valence electrons. The van der Waals surface area contributed by atoms with Crippen LogP contribution in [0.3, 0.4) is 0 Å². The Labute approximate surface area is 287 Å². The molecule has 8 rings (SSSR count). The molecule has 2 heterocycles. The zero-order chi connectivity index (χ0) is 34.7. The summed E-state index contributed by atoms with van der Waals surface area (Å²) in [5.41, 5.74) is -3.21. The lowest BCUT2D eigenvalue weighted by molar-refractivity contribution is -0.326. The molecule has 13 atom stereocenters. The molecule has 7 bridgehead atoms. The molecule has 0 unspecified atom stereocenters. The highest BCUT2D eigenvalue weighted by Gasteiger charge is 2.92. The third kappa shape index (κ3) is 3.86. The summed E-state index contributed by atoms with van der Waals surface area (Å²) < 4.78 is 38.6. The Kier molecular flexibility index (Phi) is 7.92. The van der Waals surface area contributed by atoms with Gasteiger partial charge in [0.2, 0.25) is 11.8 Å². The number of fused-ring (bicyclic) bond motifs is 2. The number of carbonyl (C=O) groups is 3. The van der Waals surface area contributed by atoms with E-state index in [-0.39, 0.29) is 90.5 Å². The summed E-state index contributed by atoms with van der Waals surface area (Å²) in [7, 11) is 8.65. The monoisotopic (exact) mass is 682 g/mol. The van der Waals surface area contributed by atoms with E-state index in [9.17, 15) is 19.5 Å². The van der Waals surface area contributed by atoms with Crippen molar-refractivity contribution < 1.29 is 47.9 Å². The van der Waals surface area contributed by atoms with Crippen LogP contribution in [-0.4, -0.2) is 125 Å². The number of ether oxygens (including phenoxy) is 6. The Morgan fingerprint density at radius 2 is 1.73 bits per heavy atom. The minimum Gasteiger partial charge on any atom is -0.461 e. The Balaban J connectivity index is 1.25. The van der Waals surface area contributed by atoms with Crippen LogP contribution in [0.2, 0.25) is 0 Å². The molecule has 7 aliphatic rings. The number of likely N-dealkylation sites (tertiary alicyclic amines) is 1. The van der Waals surface area contributed by atoms with Crippen molar-refractivity contribution in [2.45, 2.75) is 87.1 Å². The van der Waals surface area contributed by atoms with Gasteiger partial charge < -0.3 is 33.5 Å². The number of piperidine rings is 1. The molecule has 1 aromatic rings. The number of nitrogens with zero attached hydrogens (tertiary/aromatic N) is 2. The number of para-hydroxylation sites is 1. The number of benzene rings is 1. The summed E-state index contributed by atoms with van der Waals surface area (Å²) >= 11 is 0. The molecule has 5 saturated carbocycles. The van der Waals surface area contributed by atoms with E-state index in [2.05, 4.69) is 11.8 Å². The summed E-state index contributed by atoms with van der Waals surface area (Å²) in [6.07, 6.45) is 1.84. The zero-order valence-corrected chi connectivity index (χ0v) is 29.4. The first-order valence-corrected chi connectivity index (χ1v) is 17.8. The SMILES string of the molecule is CCN1C[C@]2(COC(=O)c3ccccc3N3C(=O)CCC3=O)CC[C@H](OC)[C@@]34[C@@H]5C[C@H]6[C@H](OC)[C@@H]5[C@](OC)(C[C@@H]6OC)[C@@](O)([C@@H](OC)[C@H]23)[C@@H]14. The number of rotatable bonds is 10. The van der Waals surface area contributed by atoms with Gasteiger partial charge in [0.15, 0.2) is 0 Å². The molecule has 2 saturated heterocycles. The average Bonchev–Trinajstić information content (AvgIpc) is 3.68. The number of methoxy groups -OCH3 is 5. The van der Waals surface area contributed by atoms with Crippen molar-refractivity contribution in [2.75, 3.05) is 60.1 Å². The first-order chi connectivity index (χ1) is 23.6. The lowest BCUT2D eigenvalue weighted by atomic mass is 9.42. The van der Waals surface area contributed by atoms with E-state index in [0.717, 1.165) is 17.7 Å². The van der Waals surface area contributed by atoms with E-state index in [1.54, 1.807) is 59.8 Å². The number of amides is 2. The number of anilines is 1. The number of aliphatic hydroxyl groups is 1. The highest BCUT2D eigenvalue weighted by molar-refractivity contribution is 6.21. The quantitative estimate of drug-likeness (QED) is 0.288. The fraction of sp³-hybridized carbons (Fsp3) is 0.757. The standard InChI is InChI=1S/C37H50N2O10/c1-7-38-18-34(19-49-32(42)20-10-8-9-11-23(20)39-26(40)12-13-27(39)41)15-14-25(45-3)36-22-16-21-24(44-2)17-35(48-6,28(22)29(21)46-4)37(43,33(36)38)31(47-5)30(34)36/h8-11,21-22,24-25,28-31,33,43H,7,12-19H2,1-6H3/t21-,22-,24+,25+,28-,29+,30-,31+,33+,34+,35-,36+,37-/m1/s1. The van der Waals surface area contributed by atoms with E-state index >= 15 is 0 Å². The van der Waals surface area contributed by atoms with Gasteiger partial charge in [0.1, 0.15) is 11.2 Å². The average molecular weight is 683 g/mol. The Hall–Kier alpha value is -2.45. The molecule has 2 aliphatic heterocycles. The van der Waals surface area contributed by atoms with Gasteiger partial charge in [-0.05, 0) is 43.9 Å². The normalized spacial score (nSPS) is 46.4. The van der Waals surface area contributed by atoms with Crippen LogP contribution in [0.5, 0.6) is 0 Å². The number of esters is 1. The van der Waals surface area contributed by atoms with Crippen LogP contribution in [-0.2, 0) is 38.0 Å². The smallest absolute Gasteiger partial charge is 0.340 e. The summed E-state index contributed by atoms with van der Waals surface area (Å²) in [4.78, 5) is 42.9. The second kappa shape index (κ2) is 11.5. The van der Waals surface area contributed by atoms with E-state index in [1.165, 1.54) is 0 Å². The molecule has 1 N–H and O–H groups in total. The highest BCUT2D eigenvalue weighted by atomic mass is 16.6. The molecule has 12 nitrogen and oxygen atoms in total. The van der Waals surface area contributed by atoms with E-state index in [0.29, 0.717) is 25.9 Å². The van der Waals surface area contributed by atoms with Gasteiger partial charge in [-0.3, -0.25) is 14.5 Å². The zero-order valence-electron chi connectivity index (χ0n) is 29.4. The summed E-state index contributed by atoms with van der Waals surface area (Å²) in [5.74, 6) is -1.42. The molecule has 49 heavy (non-hydrogen) atoms. The molecule has 0 radical (unpaired) electrons. The number of carbonyl (C=O) groups excluding carboxylic acids is 3. The molecule has 1 spiro atoms. The van der Waals surface area contributed by atoms with Crippen molar-refractivity contribution in [1.82, 2.24) is 4.90 Å². The second-order valence-corrected chi connectivity index (χ2v) is 15.6. The van der Waals surface area contributed by atoms with Gasteiger partial charge in [0.05, 0.1) is 48.3 Å². The third-order valence-corrected chi connectivity index (χ3v) is 14.5. The van der Waals surface area contributed by atoms with E-state index in [1.807, 2.05) is 0 Å². The lowest BCUT2D eigenvalue weighted by Crippen LogP contribution is -2.82. The minimum atomic E-state index is -1.46. The van der Waals surface area contributed by atoms with E-state index in [4.69, 9.17) is 28.4 Å². The summed E-state index contributed by atoms with van der Waals surface area (Å²) in [6, 6.07) is 6.31. The second-order valence-electron chi connectivity index (χ2n) is 15.6. The van der Waals surface area contributed by atoms with Gasteiger partial charge in [0.25, 0.3) is 0 Å². The first kappa shape index (κ1) is 33.7. The van der Waals surface area contributed by atoms with Crippen molar-refractivity contribution in [3.63, 3.8) is 0 Å². The number of hydrogen-bond acceptors (Lipinski definition) is 11. The maximum atomic E-state index is 14.0. The molecular weight excluding hydrogens is 632 g/mol. The topological polar surface area (TPSA) is 133 Å². The number of hydrogen-bond donors (Lipinski definition) is 1. The Bertz CT molecular complexity index is 1520. The lowest BCUT2D eigenvalue weighted by Gasteiger charge is -2.70. The maximum absolute atomic E-state index is 14.0. The molecular formula is C37H50N2O10. The van der Waals surface area contributed by atoms with Crippen LogP contribution in [0.4, 0.5) is 5.69 Å². The summed E-state index contributed by atoms with van der Waals surface area (Å²) in [6.45, 7) is 3.46. The predicted octanol–water partition coefficient (Wildman–Crippen LogP) is 2.44. The van der Waals surface area contributed by atoms with Crippen LogP contribution in [0.1, 0.15) is 55.8 Å². The van der Waals surface area contributed by atoms with Crippen LogP contribution < -0.4 is 4.90 Å². The highest BCUT2D eigenvalue weighted by Crippen LogP contribution is 2.81. The Morgan fingerprint density at radius 3 is 2.37 bits per heavy atom. The van der Waals surface area contributed by atoms with E-state index < -0.39 is 34.1 Å². The third-order valence-electron chi connectivity index (χ3n) is 14.5. The van der Waals surface area contributed by atoms with Crippen molar-refractivity contribution >= 4 is 23.5 Å². The summed E-state index contributed by atoms with van der Waals surface area (Å²) in [5, 5.41) is 13.8. The largest absolute Gasteiger partial charge is 0.461 e. The van der Waals surface area contributed by atoms with Gasteiger partial charge in [-0.1, -0.05) is 19.1 Å². The number of imide groups is 1. The number of likely N-dealkylation sites (N-methyl/N-ethyl adjacent to an activating group) is 1. The minimum absolute atomic E-state index is 0.0561. The van der Waals surface area contributed by atoms with Crippen molar-refractivity contribution in [3.8, 4) is 0 Å².